The maximum Gasteiger partial charge on any atom is 0.277 e. The van der Waals surface area contributed by atoms with E-state index in [4.69, 9.17) is 4.42 Å². The Bertz CT molecular complexity index is 1190. The number of hydrogen-bond donors (Lipinski definition) is 1. The molecule has 4 rings (SSSR count). The number of thioether (sulfide) groups is 1. The van der Waals surface area contributed by atoms with Crippen molar-refractivity contribution >= 4 is 33.4 Å². The first-order valence-electron chi connectivity index (χ1n) is 10.4. The summed E-state index contributed by atoms with van der Waals surface area (Å²) in [4.78, 5) is 12.5. The Morgan fingerprint density at radius 1 is 1.09 bits per heavy atom. The molecule has 0 aliphatic carbocycles. The van der Waals surface area contributed by atoms with Crippen LogP contribution in [0.5, 0.6) is 0 Å². The first-order chi connectivity index (χ1) is 15.5. The summed E-state index contributed by atoms with van der Waals surface area (Å²) in [5.74, 6) is 0.244. The molecule has 2 heterocycles. The SMILES string of the molecule is CCc1ccccc1NC(=O)CSc1nnc(-c2ccc(S(=O)(=O)N3CCCC3)cc2)o1. The number of rotatable bonds is 8. The Morgan fingerprint density at radius 3 is 2.53 bits per heavy atom. The van der Waals surface area contributed by atoms with Crippen molar-refractivity contribution in [2.24, 2.45) is 0 Å². The third-order valence-corrected chi connectivity index (χ3v) is 7.94. The molecule has 2 aromatic carbocycles. The summed E-state index contributed by atoms with van der Waals surface area (Å²) in [6.07, 6.45) is 2.61. The molecule has 32 heavy (non-hydrogen) atoms. The molecule has 1 aliphatic heterocycles. The minimum Gasteiger partial charge on any atom is -0.411 e. The Labute approximate surface area is 191 Å². The van der Waals surface area contributed by atoms with E-state index in [1.54, 1.807) is 24.3 Å². The zero-order valence-corrected chi connectivity index (χ0v) is 19.3. The largest absolute Gasteiger partial charge is 0.411 e. The molecule has 0 unspecified atom stereocenters. The number of carbonyl (C=O) groups excluding carboxylic acids is 1. The van der Waals surface area contributed by atoms with Crippen LogP contribution in [0.25, 0.3) is 11.5 Å². The number of para-hydroxylation sites is 1. The van der Waals surface area contributed by atoms with E-state index in [0.29, 0.717) is 18.7 Å². The lowest BCUT2D eigenvalue weighted by atomic mass is 10.1. The molecular weight excluding hydrogens is 448 g/mol. The van der Waals surface area contributed by atoms with Crippen molar-refractivity contribution in [3.05, 3.63) is 54.1 Å². The van der Waals surface area contributed by atoms with Crippen LogP contribution in [0.3, 0.4) is 0 Å². The normalized spacial score (nSPS) is 14.5. The summed E-state index contributed by atoms with van der Waals surface area (Å²) in [7, 11) is -3.46. The van der Waals surface area contributed by atoms with Gasteiger partial charge in [-0.3, -0.25) is 4.79 Å². The number of nitrogens with zero attached hydrogens (tertiary/aromatic N) is 3. The van der Waals surface area contributed by atoms with Gasteiger partial charge in [0.05, 0.1) is 10.6 Å². The highest BCUT2D eigenvalue weighted by Gasteiger charge is 2.27. The lowest BCUT2D eigenvalue weighted by Gasteiger charge is -2.15. The zero-order chi connectivity index (χ0) is 22.6. The van der Waals surface area contributed by atoms with Crippen LogP contribution in [0.15, 0.2) is 63.1 Å². The first kappa shape index (κ1) is 22.5. The van der Waals surface area contributed by atoms with E-state index in [1.807, 2.05) is 31.2 Å². The number of anilines is 1. The van der Waals surface area contributed by atoms with Crippen molar-refractivity contribution in [2.45, 2.75) is 36.3 Å². The molecular formula is C22H24N4O4S2. The quantitative estimate of drug-likeness (QED) is 0.497. The van der Waals surface area contributed by atoms with E-state index in [2.05, 4.69) is 15.5 Å². The van der Waals surface area contributed by atoms with Gasteiger partial charge in [-0.2, -0.15) is 4.31 Å². The lowest BCUT2D eigenvalue weighted by Crippen LogP contribution is -2.27. The van der Waals surface area contributed by atoms with Crippen LogP contribution in [0.4, 0.5) is 5.69 Å². The second-order valence-electron chi connectivity index (χ2n) is 7.36. The number of benzene rings is 2. The molecule has 3 aromatic rings. The number of amides is 1. The standard InChI is InChI=1S/C22H24N4O4S2/c1-2-16-7-3-4-8-19(16)23-20(27)15-31-22-25-24-21(30-22)17-9-11-18(12-10-17)32(28,29)26-13-5-6-14-26/h3-4,7-12H,2,5-6,13-15H2,1H3,(H,23,27). The van der Waals surface area contributed by atoms with Crippen molar-refractivity contribution in [1.82, 2.24) is 14.5 Å². The first-order valence-corrected chi connectivity index (χ1v) is 12.8. The predicted molar refractivity (Wildman–Crippen MR) is 123 cm³/mol. The van der Waals surface area contributed by atoms with E-state index in [0.717, 1.165) is 42.3 Å². The molecule has 8 nitrogen and oxygen atoms in total. The van der Waals surface area contributed by atoms with Crippen molar-refractivity contribution in [3.8, 4) is 11.5 Å². The van der Waals surface area contributed by atoms with Crippen LogP contribution in [-0.2, 0) is 21.2 Å². The van der Waals surface area contributed by atoms with Gasteiger partial charge in [0, 0.05) is 24.3 Å². The molecule has 0 saturated carbocycles. The third-order valence-electron chi connectivity index (χ3n) is 5.21. The number of nitrogens with one attached hydrogen (secondary N) is 1. The van der Waals surface area contributed by atoms with Gasteiger partial charge in [-0.1, -0.05) is 36.9 Å². The number of hydrogen-bond acceptors (Lipinski definition) is 7. The van der Waals surface area contributed by atoms with Crippen LogP contribution in [0, 0.1) is 0 Å². The molecule has 1 aliphatic rings. The van der Waals surface area contributed by atoms with Gasteiger partial charge in [0.1, 0.15) is 0 Å². The van der Waals surface area contributed by atoms with Crippen LogP contribution in [-0.4, -0.2) is 47.7 Å². The van der Waals surface area contributed by atoms with Crippen molar-refractivity contribution in [2.75, 3.05) is 24.2 Å². The summed E-state index contributed by atoms with van der Waals surface area (Å²) < 4.78 is 32.4. The van der Waals surface area contributed by atoms with E-state index < -0.39 is 10.0 Å². The molecule has 1 N–H and O–H groups in total. The monoisotopic (exact) mass is 472 g/mol. The maximum atomic E-state index is 12.6. The number of carbonyl (C=O) groups is 1. The molecule has 10 heteroatoms. The summed E-state index contributed by atoms with van der Waals surface area (Å²) in [5.41, 5.74) is 2.49. The molecule has 168 valence electrons. The van der Waals surface area contributed by atoms with E-state index in [-0.39, 0.29) is 27.7 Å². The topological polar surface area (TPSA) is 105 Å². The van der Waals surface area contributed by atoms with Crippen LogP contribution in [0.2, 0.25) is 0 Å². The Balaban J connectivity index is 1.37. The second kappa shape index (κ2) is 9.85. The van der Waals surface area contributed by atoms with E-state index in [1.165, 1.54) is 4.31 Å². The zero-order valence-electron chi connectivity index (χ0n) is 17.7. The van der Waals surface area contributed by atoms with Gasteiger partial charge in [0.2, 0.25) is 21.8 Å². The van der Waals surface area contributed by atoms with Gasteiger partial charge in [0.15, 0.2) is 0 Å². The fraction of sp³-hybridized carbons (Fsp3) is 0.318. The van der Waals surface area contributed by atoms with Crippen molar-refractivity contribution < 1.29 is 17.6 Å². The van der Waals surface area contributed by atoms with Gasteiger partial charge < -0.3 is 9.73 Å². The molecule has 0 spiro atoms. The highest BCUT2D eigenvalue weighted by Crippen LogP contribution is 2.26. The lowest BCUT2D eigenvalue weighted by molar-refractivity contribution is -0.113. The fourth-order valence-electron chi connectivity index (χ4n) is 3.50. The van der Waals surface area contributed by atoms with E-state index in [9.17, 15) is 13.2 Å². The Morgan fingerprint density at radius 2 is 1.81 bits per heavy atom. The van der Waals surface area contributed by atoms with Crippen molar-refractivity contribution in [3.63, 3.8) is 0 Å². The van der Waals surface area contributed by atoms with Crippen LogP contribution >= 0.6 is 11.8 Å². The highest BCUT2D eigenvalue weighted by atomic mass is 32.2. The van der Waals surface area contributed by atoms with Crippen LogP contribution in [0.1, 0.15) is 25.3 Å². The van der Waals surface area contributed by atoms with Gasteiger partial charge in [-0.15, -0.1) is 10.2 Å². The number of aromatic nitrogens is 2. The molecule has 1 fully saturated rings. The predicted octanol–water partition coefficient (Wildman–Crippen LogP) is 3.81. The molecule has 0 atom stereocenters. The van der Waals surface area contributed by atoms with Crippen molar-refractivity contribution in [1.29, 1.82) is 0 Å². The van der Waals surface area contributed by atoms with Gasteiger partial charge in [-0.05, 0) is 55.2 Å². The van der Waals surface area contributed by atoms with Crippen LogP contribution < -0.4 is 5.32 Å². The number of aryl methyl sites for hydroxylation is 1. The summed E-state index contributed by atoms with van der Waals surface area (Å²) >= 11 is 1.15. The van der Waals surface area contributed by atoms with Gasteiger partial charge in [-0.25, -0.2) is 8.42 Å². The summed E-state index contributed by atoms with van der Waals surface area (Å²) in [5, 5.41) is 11.2. The summed E-state index contributed by atoms with van der Waals surface area (Å²) in [6.45, 7) is 3.16. The average Bonchev–Trinajstić information content (AvgIpc) is 3.51. The molecule has 0 radical (unpaired) electrons. The number of sulfonamides is 1. The van der Waals surface area contributed by atoms with E-state index >= 15 is 0 Å². The Hall–Kier alpha value is -2.69. The molecule has 1 aromatic heterocycles. The maximum absolute atomic E-state index is 12.6. The molecule has 1 amide bonds. The Kier molecular flexibility index (Phi) is 6.92. The summed E-state index contributed by atoms with van der Waals surface area (Å²) in [6, 6.07) is 14.1. The van der Waals surface area contributed by atoms with Gasteiger partial charge >= 0.3 is 0 Å². The minimum atomic E-state index is -3.46. The molecule has 0 bridgehead atoms. The smallest absolute Gasteiger partial charge is 0.277 e. The minimum absolute atomic E-state index is 0.132. The molecule has 1 saturated heterocycles. The average molecular weight is 473 g/mol. The van der Waals surface area contributed by atoms with Gasteiger partial charge in [0.25, 0.3) is 5.22 Å². The highest BCUT2D eigenvalue weighted by molar-refractivity contribution is 7.99. The second-order valence-corrected chi connectivity index (χ2v) is 10.2. The third kappa shape index (κ3) is 5.03. The fourth-order valence-corrected chi connectivity index (χ4v) is 5.58.